The average molecular weight is 359 g/mol. The Balaban J connectivity index is 1.47. The topological polar surface area (TPSA) is 75.4 Å². The number of likely N-dealkylation sites (tertiary alicyclic amines) is 1. The SMILES string of the molecule is O=C(Cn1nc2c(cc1=O)CCCCC2)N1CC[C@@]2(O)CCCC[C@@H]2C1. The number of aromatic nitrogens is 2. The van der Waals surface area contributed by atoms with Crippen molar-refractivity contribution in [3.63, 3.8) is 0 Å². The van der Waals surface area contributed by atoms with E-state index in [0.717, 1.165) is 62.6 Å². The van der Waals surface area contributed by atoms with E-state index >= 15 is 0 Å². The molecule has 1 amide bonds. The molecule has 4 rings (SSSR count). The van der Waals surface area contributed by atoms with Gasteiger partial charge in [-0.25, -0.2) is 4.68 Å². The molecule has 1 aromatic rings. The number of amides is 1. The highest BCUT2D eigenvalue weighted by Gasteiger charge is 2.43. The van der Waals surface area contributed by atoms with Crippen LogP contribution in [0.25, 0.3) is 0 Å². The molecule has 0 radical (unpaired) electrons. The number of carbonyl (C=O) groups excluding carboxylic acids is 1. The maximum absolute atomic E-state index is 12.8. The Morgan fingerprint density at radius 2 is 2.04 bits per heavy atom. The molecule has 1 aromatic heterocycles. The van der Waals surface area contributed by atoms with Crippen molar-refractivity contribution in [2.75, 3.05) is 13.1 Å². The lowest BCUT2D eigenvalue weighted by atomic mass is 9.71. The zero-order valence-electron chi connectivity index (χ0n) is 15.5. The van der Waals surface area contributed by atoms with Gasteiger partial charge >= 0.3 is 0 Å². The molecular formula is C20H29N3O3. The molecule has 0 aromatic carbocycles. The molecule has 1 saturated carbocycles. The van der Waals surface area contributed by atoms with Crippen LogP contribution in [0.1, 0.15) is 62.6 Å². The number of aryl methyl sites for hydroxylation is 2. The minimum Gasteiger partial charge on any atom is -0.389 e. The van der Waals surface area contributed by atoms with Gasteiger partial charge in [0.2, 0.25) is 5.91 Å². The number of fused-ring (bicyclic) bond motifs is 2. The van der Waals surface area contributed by atoms with E-state index in [1.54, 1.807) is 6.07 Å². The number of hydrogen-bond acceptors (Lipinski definition) is 4. The summed E-state index contributed by atoms with van der Waals surface area (Å²) in [6.45, 7) is 1.19. The van der Waals surface area contributed by atoms with Crippen molar-refractivity contribution in [2.45, 2.75) is 76.4 Å². The van der Waals surface area contributed by atoms with Crippen molar-refractivity contribution in [3.05, 3.63) is 27.7 Å². The lowest BCUT2D eigenvalue weighted by Crippen LogP contribution is -2.55. The third-order valence-corrected chi connectivity index (χ3v) is 6.59. The second-order valence-electron chi connectivity index (χ2n) is 8.31. The van der Waals surface area contributed by atoms with Crippen molar-refractivity contribution in [3.8, 4) is 0 Å². The summed E-state index contributed by atoms with van der Waals surface area (Å²) < 4.78 is 1.34. The first-order valence-electron chi connectivity index (χ1n) is 10.2. The number of carbonyl (C=O) groups is 1. The molecule has 1 saturated heterocycles. The van der Waals surface area contributed by atoms with Crippen molar-refractivity contribution in [2.24, 2.45) is 5.92 Å². The second kappa shape index (κ2) is 7.14. The summed E-state index contributed by atoms with van der Waals surface area (Å²) in [6.07, 6.45) is 9.87. The summed E-state index contributed by atoms with van der Waals surface area (Å²) in [5.74, 6) is 0.117. The van der Waals surface area contributed by atoms with E-state index in [2.05, 4.69) is 5.10 Å². The average Bonchev–Trinajstić information content (AvgIpc) is 2.86. The summed E-state index contributed by atoms with van der Waals surface area (Å²) in [6, 6.07) is 1.68. The Hall–Kier alpha value is -1.69. The van der Waals surface area contributed by atoms with E-state index in [4.69, 9.17) is 0 Å². The summed E-state index contributed by atoms with van der Waals surface area (Å²) in [4.78, 5) is 27.0. The molecule has 1 N–H and O–H groups in total. The fourth-order valence-corrected chi connectivity index (χ4v) is 4.92. The van der Waals surface area contributed by atoms with E-state index in [1.807, 2.05) is 4.90 Å². The highest BCUT2D eigenvalue weighted by molar-refractivity contribution is 5.76. The Morgan fingerprint density at radius 1 is 1.19 bits per heavy atom. The zero-order valence-corrected chi connectivity index (χ0v) is 15.5. The van der Waals surface area contributed by atoms with Gasteiger partial charge in [0.1, 0.15) is 6.54 Å². The van der Waals surface area contributed by atoms with Crippen LogP contribution in [0.4, 0.5) is 0 Å². The van der Waals surface area contributed by atoms with Crippen LogP contribution in [0.15, 0.2) is 10.9 Å². The molecule has 2 heterocycles. The molecule has 6 nitrogen and oxygen atoms in total. The zero-order chi connectivity index (χ0) is 18.1. The minimum absolute atomic E-state index is 0.0112. The number of aliphatic hydroxyl groups is 1. The van der Waals surface area contributed by atoms with Gasteiger partial charge in [0.15, 0.2) is 0 Å². The molecular weight excluding hydrogens is 330 g/mol. The van der Waals surface area contributed by atoms with Crippen LogP contribution in [0.3, 0.4) is 0 Å². The second-order valence-corrected chi connectivity index (χ2v) is 8.31. The van der Waals surface area contributed by atoms with Gasteiger partial charge in [-0.1, -0.05) is 19.3 Å². The summed E-state index contributed by atoms with van der Waals surface area (Å²) >= 11 is 0. The van der Waals surface area contributed by atoms with Crippen molar-refractivity contribution in [1.82, 2.24) is 14.7 Å². The quantitative estimate of drug-likeness (QED) is 0.815. The number of rotatable bonds is 2. The van der Waals surface area contributed by atoms with Gasteiger partial charge in [-0.05, 0) is 50.5 Å². The highest BCUT2D eigenvalue weighted by Crippen LogP contribution is 2.39. The predicted molar refractivity (Wildman–Crippen MR) is 97.9 cm³/mol. The molecule has 2 atom stereocenters. The molecule has 1 aliphatic heterocycles. The van der Waals surface area contributed by atoms with Crippen molar-refractivity contribution >= 4 is 5.91 Å². The number of hydrogen-bond donors (Lipinski definition) is 1. The molecule has 0 spiro atoms. The molecule has 2 fully saturated rings. The standard InChI is InChI=1S/C20H29N3O3/c24-18-12-15-6-2-1-3-8-17(15)21-23(18)14-19(25)22-11-10-20(26)9-5-4-7-16(20)13-22/h12,16,26H,1-11,13-14H2/t16-,20+/m1/s1. The van der Waals surface area contributed by atoms with Gasteiger partial charge < -0.3 is 10.0 Å². The maximum atomic E-state index is 12.8. The smallest absolute Gasteiger partial charge is 0.267 e. The maximum Gasteiger partial charge on any atom is 0.267 e. The van der Waals surface area contributed by atoms with Crippen LogP contribution >= 0.6 is 0 Å². The first kappa shape index (κ1) is 17.7. The van der Waals surface area contributed by atoms with Gasteiger partial charge in [0.25, 0.3) is 5.56 Å². The highest BCUT2D eigenvalue weighted by atomic mass is 16.3. The van der Waals surface area contributed by atoms with Crippen LogP contribution < -0.4 is 5.56 Å². The van der Waals surface area contributed by atoms with E-state index in [1.165, 1.54) is 11.1 Å². The first-order valence-corrected chi connectivity index (χ1v) is 10.2. The van der Waals surface area contributed by atoms with Crippen LogP contribution in [0, 0.1) is 5.92 Å². The van der Waals surface area contributed by atoms with Crippen LogP contribution in [0.5, 0.6) is 0 Å². The number of piperidine rings is 1. The third-order valence-electron chi connectivity index (χ3n) is 6.59. The summed E-state index contributed by atoms with van der Waals surface area (Å²) in [5, 5.41) is 15.3. The lowest BCUT2D eigenvalue weighted by Gasteiger charge is -2.47. The van der Waals surface area contributed by atoms with Gasteiger partial charge in [0, 0.05) is 25.1 Å². The minimum atomic E-state index is -0.589. The van der Waals surface area contributed by atoms with Gasteiger partial charge in [-0.3, -0.25) is 9.59 Å². The normalized spacial score (nSPS) is 28.8. The Morgan fingerprint density at radius 3 is 2.92 bits per heavy atom. The number of nitrogens with zero attached hydrogens (tertiary/aromatic N) is 3. The molecule has 26 heavy (non-hydrogen) atoms. The van der Waals surface area contributed by atoms with Gasteiger partial charge in [-0.15, -0.1) is 0 Å². The molecule has 6 heteroatoms. The Bertz CT molecular complexity index is 744. The lowest BCUT2D eigenvalue weighted by molar-refractivity contribution is -0.144. The Kier molecular flexibility index (Phi) is 4.86. The van der Waals surface area contributed by atoms with E-state index in [-0.39, 0.29) is 23.9 Å². The van der Waals surface area contributed by atoms with Gasteiger partial charge in [-0.2, -0.15) is 5.10 Å². The summed E-state index contributed by atoms with van der Waals surface area (Å²) in [5.41, 5.74) is 1.27. The first-order chi connectivity index (χ1) is 12.5. The summed E-state index contributed by atoms with van der Waals surface area (Å²) in [7, 11) is 0. The largest absolute Gasteiger partial charge is 0.389 e. The molecule has 3 aliphatic rings. The fourth-order valence-electron chi connectivity index (χ4n) is 4.92. The monoisotopic (exact) mass is 359 g/mol. The van der Waals surface area contributed by atoms with Crippen LogP contribution in [-0.4, -0.2) is 44.4 Å². The molecule has 0 bridgehead atoms. The van der Waals surface area contributed by atoms with Gasteiger partial charge in [0.05, 0.1) is 11.3 Å². The van der Waals surface area contributed by atoms with Crippen molar-refractivity contribution < 1.29 is 9.90 Å². The van der Waals surface area contributed by atoms with Crippen molar-refractivity contribution in [1.29, 1.82) is 0 Å². The molecule has 0 unspecified atom stereocenters. The van der Waals surface area contributed by atoms with E-state index in [0.29, 0.717) is 19.5 Å². The van der Waals surface area contributed by atoms with Crippen LogP contribution in [0.2, 0.25) is 0 Å². The predicted octanol–water partition coefficient (Wildman–Crippen LogP) is 1.67. The van der Waals surface area contributed by atoms with E-state index < -0.39 is 5.60 Å². The van der Waals surface area contributed by atoms with E-state index in [9.17, 15) is 14.7 Å². The molecule has 2 aliphatic carbocycles. The Labute approximate surface area is 154 Å². The third kappa shape index (κ3) is 3.43. The molecule has 142 valence electrons. The fraction of sp³-hybridized carbons (Fsp3) is 0.750. The van der Waals surface area contributed by atoms with Crippen LogP contribution in [-0.2, 0) is 24.2 Å².